The second-order valence-corrected chi connectivity index (χ2v) is 27.9. The molecule has 91 heavy (non-hydrogen) atoms. The number of carbonyl (C=O) groups excluding carboxylic acids is 3. The molecule has 23 heteroatoms. The molecule has 3 amide bonds. The summed E-state index contributed by atoms with van der Waals surface area (Å²) >= 11 is 1.58. The number of hydrogen-bond acceptors (Lipinski definition) is 18. The number of pyridine rings is 1. The van der Waals surface area contributed by atoms with Gasteiger partial charge in [-0.1, -0.05) is 68.4 Å². The minimum atomic E-state index is -1.42. The number of piperazine rings is 2. The van der Waals surface area contributed by atoms with E-state index < -0.39 is 35.2 Å². The van der Waals surface area contributed by atoms with E-state index in [1.165, 1.54) is 4.90 Å². The van der Waals surface area contributed by atoms with Crippen LogP contribution in [-0.2, 0) is 20.7 Å². The van der Waals surface area contributed by atoms with E-state index in [4.69, 9.17) is 28.9 Å². The molecule has 12 rings (SSSR count). The smallest absolute Gasteiger partial charge is 0.410 e. The second kappa shape index (κ2) is 25.8. The van der Waals surface area contributed by atoms with E-state index in [1.54, 1.807) is 29.7 Å². The predicted octanol–water partition coefficient (Wildman–Crippen LogP) is 10.2. The number of likely N-dealkylation sites (tertiary alicyclic amines) is 2. The maximum atomic E-state index is 17.4. The van der Waals surface area contributed by atoms with Crippen LogP contribution >= 0.6 is 11.3 Å². The monoisotopic (exact) mass is 1270 g/mol. The van der Waals surface area contributed by atoms with Gasteiger partial charge in [0, 0.05) is 95.7 Å². The van der Waals surface area contributed by atoms with Gasteiger partial charge in [-0.3, -0.25) is 29.3 Å². The minimum absolute atomic E-state index is 0.0135. The number of rotatable bonds is 17. The zero-order valence-electron chi connectivity index (χ0n) is 53.5. The molecule has 5 aliphatic rings. The number of thiazole rings is 1. The molecule has 3 N–H and O–H groups in total. The largest absolute Gasteiger partial charge is 0.508 e. The number of β-amino-alcohol motifs (C(OH)–C–C–N with tert-alkyl or cyclic N) is 1. The number of nitrogens with one attached hydrogen (secondary N) is 1. The number of aromatic hydroxyl groups is 1. The van der Waals surface area contributed by atoms with Crippen LogP contribution in [0, 0.1) is 18.7 Å². The van der Waals surface area contributed by atoms with Crippen molar-refractivity contribution in [2.75, 3.05) is 81.9 Å². The van der Waals surface area contributed by atoms with Crippen LogP contribution < -0.4 is 19.9 Å². The van der Waals surface area contributed by atoms with Crippen LogP contribution in [-0.4, -0.2) is 186 Å². The summed E-state index contributed by atoms with van der Waals surface area (Å²) in [4.78, 5) is 73.6. The van der Waals surface area contributed by atoms with E-state index in [0.29, 0.717) is 100.0 Å². The van der Waals surface area contributed by atoms with Crippen molar-refractivity contribution in [2.45, 2.75) is 154 Å². The Morgan fingerprint density at radius 2 is 1.68 bits per heavy atom. The van der Waals surface area contributed by atoms with Gasteiger partial charge in [0.25, 0.3) is 0 Å². The Hall–Kier alpha value is -7.60. The van der Waals surface area contributed by atoms with Crippen molar-refractivity contribution in [3.63, 3.8) is 0 Å². The summed E-state index contributed by atoms with van der Waals surface area (Å²) in [6.45, 7) is 22.0. The van der Waals surface area contributed by atoms with Crippen molar-refractivity contribution in [1.82, 2.24) is 50.0 Å². The number of anilines is 2. The van der Waals surface area contributed by atoms with Gasteiger partial charge in [0.1, 0.15) is 52.6 Å². The van der Waals surface area contributed by atoms with Gasteiger partial charge in [-0.25, -0.2) is 18.6 Å². The van der Waals surface area contributed by atoms with Gasteiger partial charge in [-0.2, -0.15) is 9.97 Å². The van der Waals surface area contributed by atoms with Crippen LogP contribution in [0.25, 0.3) is 43.4 Å². The fourth-order valence-electron chi connectivity index (χ4n) is 14.4. The fraction of sp³-hybridized carbons (Fsp3) is 0.529. The van der Waals surface area contributed by atoms with E-state index in [9.17, 15) is 24.6 Å². The first kappa shape index (κ1) is 63.5. The number of carbonyl (C=O) groups is 3. The van der Waals surface area contributed by atoms with Gasteiger partial charge in [0.2, 0.25) is 11.8 Å². The van der Waals surface area contributed by atoms with Crippen molar-refractivity contribution in [2.24, 2.45) is 5.92 Å². The van der Waals surface area contributed by atoms with Crippen LogP contribution in [0.2, 0.25) is 0 Å². The van der Waals surface area contributed by atoms with Gasteiger partial charge < -0.3 is 44.2 Å². The molecule has 0 aliphatic carbocycles. The van der Waals surface area contributed by atoms with Gasteiger partial charge in [0.15, 0.2) is 17.4 Å². The number of alkyl halides is 1. The summed E-state index contributed by atoms with van der Waals surface area (Å²) in [7, 11) is 0. The number of ether oxygens (including phenoxy) is 2. The number of aliphatic hydroxyl groups is 1. The number of aromatic nitrogens is 5. The molecule has 20 nitrogen and oxygen atoms in total. The summed E-state index contributed by atoms with van der Waals surface area (Å²) in [6, 6.07) is 17.2. The molecule has 9 heterocycles. The predicted molar refractivity (Wildman–Crippen MR) is 346 cm³/mol. The minimum Gasteiger partial charge on any atom is -0.508 e. The molecule has 0 saturated carbocycles. The van der Waals surface area contributed by atoms with Crippen LogP contribution in [0.1, 0.15) is 122 Å². The summed E-state index contributed by atoms with van der Waals surface area (Å²) < 4.78 is 52.5. The lowest BCUT2D eigenvalue weighted by Crippen LogP contribution is -2.57. The van der Waals surface area contributed by atoms with Crippen molar-refractivity contribution < 1.29 is 47.4 Å². The Morgan fingerprint density at radius 3 is 2.36 bits per heavy atom. The summed E-state index contributed by atoms with van der Waals surface area (Å²) in [6.07, 6.45) is 3.39. The Labute approximate surface area is 533 Å². The Balaban J connectivity index is 0.667. The van der Waals surface area contributed by atoms with Crippen molar-refractivity contribution in [3.8, 4) is 33.5 Å². The molecule has 7 atom stereocenters. The third-order valence-electron chi connectivity index (χ3n) is 19.0. The van der Waals surface area contributed by atoms with E-state index in [1.807, 2.05) is 114 Å². The number of phenols is 1. The first-order chi connectivity index (χ1) is 43.5. The van der Waals surface area contributed by atoms with Crippen molar-refractivity contribution in [1.29, 1.82) is 0 Å². The van der Waals surface area contributed by atoms with E-state index >= 15 is 8.78 Å². The molecular formula is C68H84F2N12O8S. The Bertz CT molecular complexity index is 3800. The second-order valence-electron chi connectivity index (χ2n) is 27.0. The highest BCUT2D eigenvalue weighted by Gasteiger charge is 2.47. The number of aryl methyl sites for hydroxylation is 2. The maximum Gasteiger partial charge on any atom is 0.410 e. The topological polar surface area (TPSA) is 219 Å². The fourth-order valence-corrected chi connectivity index (χ4v) is 15.2. The number of amides is 3. The first-order valence-electron chi connectivity index (χ1n) is 32.2. The molecule has 3 aromatic carbocycles. The average molecular weight is 1270 g/mol. The lowest BCUT2D eigenvalue weighted by Gasteiger charge is -2.44. The van der Waals surface area contributed by atoms with E-state index in [-0.39, 0.29) is 97.1 Å². The summed E-state index contributed by atoms with van der Waals surface area (Å²) in [5.41, 5.74) is 4.17. The SMILES string of the molecule is CCc1cccc2cc(O)cc(-c3ncc4c(N5CC6CCC(C5)N6C(=O)OC(C)(C)C)nc(OCCN5CCC(F)(CN6CCN(c7cc(C(C(=O)N8C[C@H](O)C[C@H]8C(=O)NC(C)c8ccc(-c9scnc9C)cc8)C(C)C)on7)[C@H](C)C6)CC5)nc4c3F)c12. The van der Waals surface area contributed by atoms with Gasteiger partial charge in [-0.15, -0.1) is 11.3 Å². The number of piperidine rings is 1. The molecule has 2 bridgehead atoms. The molecule has 7 aromatic rings. The number of hydrogen-bond donors (Lipinski definition) is 3. The average Bonchev–Trinajstić information content (AvgIpc) is 1.53. The van der Waals surface area contributed by atoms with Crippen LogP contribution in [0.15, 0.2) is 76.9 Å². The first-order valence-corrected chi connectivity index (χ1v) is 33.1. The molecular weight excluding hydrogens is 1180 g/mol. The number of aliphatic hydroxyl groups excluding tert-OH is 1. The maximum absolute atomic E-state index is 17.4. The van der Waals surface area contributed by atoms with Crippen LogP contribution in [0.4, 0.5) is 25.2 Å². The van der Waals surface area contributed by atoms with Gasteiger partial charge in [-0.05, 0) is 119 Å². The molecule has 0 radical (unpaired) electrons. The normalized spacial score (nSPS) is 22.1. The van der Waals surface area contributed by atoms with E-state index in [0.717, 1.165) is 50.9 Å². The zero-order valence-corrected chi connectivity index (χ0v) is 54.3. The van der Waals surface area contributed by atoms with Crippen LogP contribution in [0.3, 0.4) is 0 Å². The van der Waals surface area contributed by atoms with Crippen molar-refractivity contribution >= 4 is 62.6 Å². The summed E-state index contributed by atoms with van der Waals surface area (Å²) in [5, 5.41) is 31.3. The lowest BCUT2D eigenvalue weighted by atomic mass is 9.91. The lowest BCUT2D eigenvalue weighted by molar-refractivity contribution is -0.141. The third-order valence-corrected chi connectivity index (χ3v) is 20.0. The van der Waals surface area contributed by atoms with E-state index in [2.05, 4.69) is 42.0 Å². The van der Waals surface area contributed by atoms with Gasteiger partial charge in [0.05, 0.1) is 45.7 Å². The zero-order chi connectivity index (χ0) is 64.2. The molecule has 5 aliphatic heterocycles. The highest BCUT2D eigenvalue weighted by molar-refractivity contribution is 7.13. The Morgan fingerprint density at radius 1 is 0.934 bits per heavy atom. The number of halogens is 2. The molecule has 5 saturated heterocycles. The third kappa shape index (κ3) is 13.3. The number of benzene rings is 3. The highest BCUT2D eigenvalue weighted by Crippen LogP contribution is 2.42. The summed E-state index contributed by atoms with van der Waals surface area (Å²) in [5.74, 6) is -0.889. The highest BCUT2D eigenvalue weighted by atomic mass is 32.1. The Kier molecular flexibility index (Phi) is 18.0. The molecule has 0 spiro atoms. The number of nitrogens with zero attached hydrogens (tertiary/aromatic N) is 11. The van der Waals surface area contributed by atoms with Gasteiger partial charge >= 0.3 is 12.1 Å². The number of phenolic OH excluding ortho intramolecular Hbond substituents is 1. The van der Waals surface area contributed by atoms with Crippen LogP contribution in [0.5, 0.6) is 11.8 Å². The standard InChI is InChI=1S/C68H84F2N12O8S/c1-10-43-12-11-13-46-28-49(83)29-51(57(43)46)59-58(69)60-52(32-71-59)62(79-34-47-18-19-48(35-79)82(47)66(87)89-67(7,8)9)75-65(74-60)88-27-26-77-22-20-68(70,21-23-77)37-78-24-25-80(40(4)33-78)55-31-54(90-76-55)56(39(2)3)64(86)81-36-50(84)30-53(81)63(85)73-41(5)44-14-16-45(17-15-44)61-42(6)72-38-91-61/h11-17,28-29,31-32,38-41,47-48,50,53,56,83-84H,10,18-27,30,33-37H2,1-9H3,(H,73,85)/t40-,41?,47?,48?,50-,53+,56?/m1/s1. The molecule has 4 unspecified atom stereocenters. The molecule has 4 aromatic heterocycles. The quantitative estimate of drug-likeness (QED) is 0.0772. The number of fused-ring (bicyclic) bond motifs is 4. The molecule has 484 valence electrons. The van der Waals surface area contributed by atoms with Crippen molar-refractivity contribution in [3.05, 3.63) is 101 Å². The molecule has 5 fully saturated rings.